The summed E-state index contributed by atoms with van der Waals surface area (Å²) in [6.45, 7) is 1.63. The lowest BCUT2D eigenvalue weighted by Gasteiger charge is -2.21. The molecule has 126 valence electrons. The van der Waals surface area contributed by atoms with Crippen LogP contribution in [0.5, 0.6) is 0 Å². The summed E-state index contributed by atoms with van der Waals surface area (Å²) in [6.07, 6.45) is 1.01. The van der Waals surface area contributed by atoms with E-state index in [9.17, 15) is 4.79 Å². The molecular formula is C22H21NOS. The molecule has 1 aliphatic heterocycles. The van der Waals surface area contributed by atoms with Crippen LogP contribution in [0.3, 0.4) is 0 Å². The molecule has 1 heterocycles. The number of amides is 1. The van der Waals surface area contributed by atoms with Gasteiger partial charge in [0.25, 0.3) is 5.91 Å². The highest BCUT2D eigenvalue weighted by atomic mass is 32.2. The predicted octanol–water partition coefficient (Wildman–Crippen LogP) is 5.16. The van der Waals surface area contributed by atoms with Gasteiger partial charge in [-0.2, -0.15) is 11.8 Å². The quantitative estimate of drug-likeness (QED) is 0.638. The number of hydrogen-bond donors (Lipinski definition) is 0. The van der Waals surface area contributed by atoms with Gasteiger partial charge in [0.05, 0.1) is 0 Å². The van der Waals surface area contributed by atoms with Crippen molar-refractivity contribution in [1.29, 1.82) is 0 Å². The maximum absolute atomic E-state index is 13.1. The zero-order valence-corrected chi connectivity index (χ0v) is 14.9. The second kappa shape index (κ2) is 7.32. The summed E-state index contributed by atoms with van der Waals surface area (Å²) in [4.78, 5) is 15.2. The monoisotopic (exact) mass is 347 g/mol. The van der Waals surface area contributed by atoms with Crippen LogP contribution in [0.25, 0.3) is 10.8 Å². The van der Waals surface area contributed by atoms with Gasteiger partial charge in [0.1, 0.15) is 0 Å². The molecule has 3 aromatic rings. The lowest BCUT2D eigenvalue weighted by atomic mass is 10.0. The molecule has 1 atom stereocenters. The third-order valence-electron chi connectivity index (χ3n) is 4.82. The average Bonchev–Trinajstić information content (AvgIpc) is 2.94. The van der Waals surface area contributed by atoms with E-state index >= 15 is 0 Å². The van der Waals surface area contributed by atoms with Gasteiger partial charge in [0.2, 0.25) is 0 Å². The molecule has 1 saturated heterocycles. The molecule has 1 fully saturated rings. The number of benzene rings is 3. The summed E-state index contributed by atoms with van der Waals surface area (Å²) in [5.41, 5.74) is 2.19. The highest BCUT2D eigenvalue weighted by Crippen LogP contribution is 2.34. The Kier molecular flexibility index (Phi) is 4.75. The molecule has 0 radical (unpaired) electrons. The number of hydrogen-bond acceptors (Lipinski definition) is 2. The van der Waals surface area contributed by atoms with Gasteiger partial charge in [-0.1, -0.05) is 66.7 Å². The molecule has 0 aromatic heterocycles. The van der Waals surface area contributed by atoms with Gasteiger partial charge in [-0.15, -0.1) is 0 Å². The van der Waals surface area contributed by atoms with E-state index in [1.165, 1.54) is 5.56 Å². The summed E-state index contributed by atoms with van der Waals surface area (Å²) in [7, 11) is 0. The highest BCUT2D eigenvalue weighted by molar-refractivity contribution is 7.99. The standard InChI is InChI=1S/C22H21NOS/c24-22(20-12-6-10-17-7-4-5-11-19(17)20)23-14-13-21(25-16-15-23)18-8-2-1-3-9-18/h1-12,21H,13-16H2. The Bertz CT molecular complexity index is 872. The molecule has 3 aromatic carbocycles. The van der Waals surface area contributed by atoms with E-state index in [2.05, 4.69) is 42.5 Å². The van der Waals surface area contributed by atoms with Crippen LogP contribution < -0.4 is 0 Å². The largest absolute Gasteiger partial charge is 0.338 e. The zero-order valence-electron chi connectivity index (χ0n) is 14.1. The maximum Gasteiger partial charge on any atom is 0.254 e. The van der Waals surface area contributed by atoms with E-state index in [0.29, 0.717) is 5.25 Å². The van der Waals surface area contributed by atoms with Crippen molar-refractivity contribution in [3.8, 4) is 0 Å². The summed E-state index contributed by atoms with van der Waals surface area (Å²) in [5, 5.41) is 2.65. The second-order valence-corrected chi connectivity index (χ2v) is 7.69. The minimum atomic E-state index is 0.158. The fraction of sp³-hybridized carbons (Fsp3) is 0.227. The number of carbonyl (C=O) groups is 1. The molecule has 1 amide bonds. The third kappa shape index (κ3) is 3.42. The minimum absolute atomic E-state index is 0.158. The van der Waals surface area contributed by atoms with Crippen molar-refractivity contribution >= 4 is 28.4 Å². The predicted molar refractivity (Wildman–Crippen MR) is 106 cm³/mol. The average molecular weight is 347 g/mol. The molecule has 1 aliphatic rings. The molecule has 0 spiro atoms. The van der Waals surface area contributed by atoms with Crippen LogP contribution in [0.15, 0.2) is 72.8 Å². The summed E-state index contributed by atoms with van der Waals surface area (Å²) in [6, 6.07) is 24.8. The van der Waals surface area contributed by atoms with Gasteiger partial charge in [0, 0.05) is 29.7 Å². The summed E-state index contributed by atoms with van der Waals surface area (Å²) < 4.78 is 0. The Balaban J connectivity index is 1.55. The van der Waals surface area contributed by atoms with Crippen molar-refractivity contribution in [3.05, 3.63) is 83.9 Å². The normalized spacial score (nSPS) is 18.1. The fourth-order valence-corrected chi connectivity index (χ4v) is 4.72. The van der Waals surface area contributed by atoms with Crippen LogP contribution in [-0.4, -0.2) is 29.6 Å². The first-order valence-corrected chi connectivity index (χ1v) is 9.81. The van der Waals surface area contributed by atoms with Crippen molar-refractivity contribution in [1.82, 2.24) is 4.90 Å². The van der Waals surface area contributed by atoms with E-state index in [-0.39, 0.29) is 5.91 Å². The first-order chi connectivity index (χ1) is 12.3. The molecule has 25 heavy (non-hydrogen) atoms. The van der Waals surface area contributed by atoms with Gasteiger partial charge >= 0.3 is 0 Å². The van der Waals surface area contributed by atoms with Crippen LogP contribution in [0.4, 0.5) is 0 Å². The number of nitrogens with zero attached hydrogens (tertiary/aromatic N) is 1. The smallest absolute Gasteiger partial charge is 0.254 e. The van der Waals surface area contributed by atoms with Crippen molar-refractivity contribution in [3.63, 3.8) is 0 Å². The molecule has 0 saturated carbocycles. The Labute approximate surface area is 152 Å². The van der Waals surface area contributed by atoms with Gasteiger partial charge < -0.3 is 4.90 Å². The Morgan fingerprint density at radius 3 is 2.52 bits per heavy atom. The Morgan fingerprint density at radius 2 is 1.64 bits per heavy atom. The Hall–Kier alpha value is -2.26. The SMILES string of the molecule is O=C(c1cccc2ccccc12)N1CCSC(c2ccccc2)CC1. The van der Waals surface area contributed by atoms with Gasteiger partial charge in [-0.05, 0) is 28.8 Å². The van der Waals surface area contributed by atoms with E-state index in [4.69, 9.17) is 0 Å². The van der Waals surface area contributed by atoms with Crippen LogP contribution in [-0.2, 0) is 0 Å². The highest BCUT2D eigenvalue weighted by Gasteiger charge is 2.23. The molecule has 0 aliphatic carbocycles. The number of fused-ring (bicyclic) bond motifs is 1. The molecule has 0 N–H and O–H groups in total. The van der Waals surface area contributed by atoms with Gasteiger partial charge in [-0.25, -0.2) is 0 Å². The van der Waals surface area contributed by atoms with Crippen molar-refractivity contribution < 1.29 is 4.79 Å². The molecule has 4 rings (SSSR count). The first kappa shape index (κ1) is 16.2. The zero-order chi connectivity index (χ0) is 17.1. The molecular weight excluding hydrogens is 326 g/mol. The summed E-state index contributed by atoms with van der Waals surface area (Å²) >= 11 is 1.96. The van der Waals surface area contributed by atoms with E-state index in [1.807, 2.05) is 47.0 Å². The van der Waals surface area contributed by atoms with Crippen LogP contribution in [0.2, 0.25) is 0 Å². The Morgan fingerprint density at radius 1 is 0.880 bits per heavy atom. The van der Waals surface area contributed by atoms with Gasteiger partial charge in [0.15, 0.2) is 0 Å². The summed E-state index contributed by atoms with van der Waals surface area (Å²) in [5.74, 6) is 1.14. The molecule has 3 heteroatoms. The van der Waals surface area contributed by atoms with Crippen molar-refractivity contribution in [2.24, 2.45) is 0 Å². The van der Waals surface area contributed by atoms with E-state index in [1.54, 1.807) is 0 Å². The van der Waals surface area contributed by atoms with E-state index < -0.39 is 0 Å². The van der Waals surface area contributed by atoms with Crippen LogP contribution >= 0.6 is 11.8 Å². The fourth-order valence-electron chi connectivity index (χ4n) is 3.49. The van der Waals surface area contributed by atoms with Gasteiger partial charge in [-0.3, -0.25) is 4.79 Å². The third-order valence-corrected chi connectivity index (χ3v) is 6.15. The number of thioether (sulfide) groups is 1. The molecule has 2 nitrogen and oxygen atoms in total. The molecule has 1 unspecified atom stereocenters. The maximum atomic E-state index is 13.1. The lowest BCUT2D eigenvalue weighted by molar-refractivity contribution is 0.0768. The number of rotatable bonds is 2. The minimum Gasteiger partial charge on any atom is -0.338 e. The number of carbonyl (C=O) groups excluding carboxylic acids is 1. The van der Waals surface area contributed by atoms with Crippen molar-refractivity contribution in [2.45, 2.75) is 11.7 Å². The topological polar surface area (TPSA) is 20.3 Å². The molecule has 0 bridgehead atoms. The van der Waals surface area contributed by atoms with Crippen LogP contribution in [0.1, 0.15) is 27.6 Å². The first-order valence-electron chi connectivity index (χ1n) is 8.76. The van der Waals surface area contributed by atoms with E-state index in [0.717, 1.165) is 41.6 Å². The van der Waals surface area contributed by atoms with Crippen molar-refractivity contribution in [2.75, 3.05) is 18.8 Å². The van der Waals surface area contributed by atoms with Crippen LogP contribution in [0, 0.1) is 0 Å². The second-order valence-electron chi connectivity index (χ2n) is 6.38. The lowest BCUT2D eigenvalue weighted by Crippen LogP contribution is -2.33.